The summed E-state index contributed by atoms with van der Waals surface area (Å²) < 4.78 is 16.1. The van der Waals surface area contributed by atoms with Crippen LogP contribution in [-0.2, 0) is 14.3 Å². The van der Waals surface area contributed by atoms with Crippen LogP contribution in [0.15, 0.2) is 36.4 Å². The highest BCUT2D eigenvalue weighted by Gasteiger charge is 2.30. The second kappa shape index (κ2) is 8.23. The third kappa shape index (κ3) is 3.91. The summed E-state index contributed by atoms with van der Waals surface area (Å²) in [6.07, 6.45) is 0.131. The zero-order valence-corrected chi connectivity index (χ0v) is 16.9. The number of hydrogen-bond acceptors (Lipinski definition) is 6. The first-order chi connectivity index (χ1) is 14.4. The number of fused-ring (bicyclic) bond motifs is 2. The van der Waals surface area contributed by atoms with Crippen LogP contribution in [0.1, 0.15) is 23.7 Å². The number of ether oxygens (including phenoxy) is 3. The molecule has 1 unspecified atom stereocenters. The minimum Gasteiger partial charge on any atom is -0.486 e. The summed E-state index contributed by atoms with van der Waals surface area (Å²) in [7, 11) is 0. The van der Waals surface area contributed by atoms with Crippen LogP contribution in [0.5, 0.6) is 11.5 Å². The van der Waals surface area contributed by atoms with Crippen molar-refractivity contribution in [3.63, 3.8) is 0 Å². The lowest BCUT2D eigenvalue weighted by Gasteiger charge is -2.27. The Hall–Kier alpha value is -3.26. The van der Waals surface area contributed by atoms with Gasteiger partial charge in [-0.3, -0.25) is 9.59 Å². The van der Waals surface area contributed by atoms with E-state index in [1.54, 1.807) is 31.2 Å². The van der Waals surface area contributed by atoms with Gasteiger partial charge in [-0.15, -0.1) is 0 Å². The summed E-state index contributed by atoms with van der Waals surface area (Å²) >= 11 is 6.16. The number of carbonyl (C=O) groups is 3. The number of carbonyl (C=O) groups excluding carboxylic acids is 3. The van der Waals surface area contributed by atoms with Gasteiger partial charge < -0.3 is 24.4 Å². The third-order valence-electron chi connectivity index (χ3n) is 4.79. The van der Waals surface area contributed by atoms with E-state index in [1.165, 1.54) is 17.0 Å². The van der Waals surface area contributed by atoms with Gasteiger partial charge in [-0.1, -0.05) is 23.7 Å². The molecule has 8 nitrogen and oxygen atoms in total. The second-order valence-corrected chi connectivity index (χ2v) is 7.35. The van der Waals surface area contributed by atoms with E-state index < -0.39 is 24.5 Å². The van der Waals surface area contributed by atoms with Gasteiger partial charge in [-0.25, -0.2) is 4.79 Å². The standard InChI is InChI=1S/C21H19ClN2O6/c1-12-8-18(25)23-15-4-2-3-5-16(15)24(12)19(26)11-30-21(27)13-9-14(22)20-17(10-13)28-6-7-29-20/h2-5,9-10,12H,6-8,11H2,1H3,(H,23,25). The number of anilines is 2. The number of nitrogens with zero attached hydrogens (tertiary/aromatic N) is 1. The maximum atomic E-state index is 12.9. The molecule has 0 radical (unpaired) electrons. The van der Waals surface area contributed by atoms with Crippen LogP contribution in [-0.4, -0.2) is 43.6 Å². The molecule has 0 spiro atoms. The molecule has 4 rings (SSSR count). The first-order valence-electron chi connectivity index (χ1n) is 9.41. The molecule has 2 heterocycles. The zero-order chi connectivity index (χ0) is 21.3. The normalized spacial score (nSPS) is 17.5. The van der Waals surface area contributed by atoms with E-state index in [0.29, 0.717) is 36.1 Å². The van der Waals surface area contributed by atoms with Gasteiger partial charge >= 0.3 is 5.97 Å². The fourth-order valence-corrected chi connectivity index (χ4v) is 3.74. The van der Waals surface area contributed by atoms with Gasteiger partial charge in [0.15, 0.2) is 18.1 Å². The third-order valence-corrected chi connectivity index (χ3v) is 5.07. The molecule has 0 saturated carbocycles. The lowest BCUT2D eigenvalue weighted by Crippen LogP contribution is -2.41. The lowest BCUT2D eigenvalue weighted by atomic mass is 10.1. The molecule has 0 bridgehead atoms. The van der Waals surface area contributed by atoms with Gasteiger partial charge in [0.05, 0.1) is 22.0 Å². The molecular formula is C21H19ClN2O6. The molecule has 2 aromatic carbocycles. The highest BCUT2D eigenvalue weighted by molar-refractivity contribution is 6.32. The molecular weight excluding hydrogens is 412 g/mol. The first kappa shape index (κ1) is 20.0. The molecule has 2 amide bonds. The second-order valence-electron chi connectivity index (χ2n) is 6.94. The van der Waals surface area contributed by atoms with Crippen LogP contribution < -0.4 is 19.7 Å². The minimum absolute atomic E-state index is 0.131. The molecule has 30 heavy (non-hydrogen) atoms. The number of nitrogens with one attached hydrogen (secondary N) is 1. The number of halogens is 1. The molecule has 9 heteroatoms. The van der Waals surface area contributed by atoms with Crippen molar-refractivity contribution in [2.45, 2.75) is 19.4 Å². The van der Waals surface area contributed by atoms with Crippen molar-refractivity contribution in [3.05, 3.63) is 47.0 Å². The number of benzene rings is 2. The number of para-hydroxylation sites is 2. The summed E-state index contributed by atoms with van der Waals surface area (Å²) in [5.41, 5.74) is 1.24. The average molecular weight is 431 g/mol. The van der Waals surface area contributed by atoms with E-state index in [4.69, 9.17) is 25.8 Å². The van der Waals surface area contributed by atoms with Crippen molar-refractivity contribution < 1.29 is 28.6 Å². The van der Waals surface area contributed by atoms with Gasteiger partial charge in [0, 0.05) is 12.5 Å². The molecule has 0 fully saturated rings. The van der Waals surface area contributed by atoms with Gasteiger partial charge in [0.25, 0.3) is 5.91 Å². The minimum atomic E-state index is -0.716. The Morgan fingerprint density at radius 3 is 2.83 bits per heavy atom. The summed E-state index contributed by atoms with van der Waals surface area (Å²) in [6.45, 7) is 2.00. The molecule has 1 N–H and O–H groups in total. The van der Waals surface area contributed by atoms with Gasteiger partial charge in [0.1, 0.15) is 13.2 Å². The molecule has 2 aliphatic rings. The van der Waals surface area contributed by atoms with E-state index in [2.05, 4.69) is 5.32 Å². The quantitative estimate of drug-likeness (QED) is 0.752. The van der Waals surface area contributed by atoms with Crippen molar-refractivity contribution in [1.29, 1.82) is 0 Å². The molecule has 156 valence electrons. The van der Waals surface area contributed by atoms with Gasteiger partial charge in [0.2, 0.25) is 5.91 Å². The molecule has 0 aromatic heterocycles. The highest BCUT2D eigenvalue weighted by Crippen LogP contribution is 2.38. The van der Waals surface area contributed by atoms with E-state index in [9.17, 15) is 14.4 Å². The molecule has 2 aliphatic heterocycles. The fraction of sp³-hybridized carbons (Fsp3) is 0.286. The monoisotopic (exact) mass is 430 g/mol. The lowest BCUT2D eigenvalue weighted by molar-refractivity contribution is -0.122. The topological polar surface area (TPSA) is 94.2 Å². The Labute approximate surface area is 177 Å². The predicted octanol–water partition coefficient (Wildman–Crippen LogP) is 3.03. The van der Waals surface area contributed by atoms with Crippen LogP contribution in [0, 0.1) is 0 Å². The summed E-state index contributed by atoms with van der Waals surface area (Å²) in [5.74, 6) is -0.613. The molecule has 1 atom stereocenters. The van der Waals surface area contributed by atoms with E-state index in [-0.39, 0.29) is 22.9 Å². The Morgan fingerprint density at radius 2 is 2.00 bits per heavy atom. The van der Waals surface area contributed by atoms with Crippen LogP contribution in [0.3, 0.4) is 0 Å². The van der Waals surface area contributed by atoms with Crippen molar-refractivity contribution in [2.24, 2.45) is 0 Å². The van der Waals surface area contributed by atoms with Crippen LogP contribution in [0.2, 0.25) is 5.02 Å². The predicted molar refractivity (Wildman–Crippen MR) is 109 cm³/mol. The summed E-state index contributed by atoms with van der Waals surface area (Å²) in [6, 6.07) is 9.47. The highest BCUT2D eigenvalue weighted by atomic mass is 35.5. The van der Waals surface area contributed by atoms with E-state index in [0.717, 1.165) is 0 Å². The van der Waals surface area contributed by atoms with E-state index >= 15 is 0 Å². The largest absolute Gasteiger partial charge is 0.486 e. The average Bonchev–Trinajstić information content (AvgIpc) is 2.85. The van der Waals surface area contributed by atoms with Gasteiger partial charge in [-0.2, -0.15) is 0 Å². The fourth-order valence-electron chi connectivity index (χ4n) is 3.48. The van der Waals surface area contributed by atoms with E-state index in [1.807, 2.05) is 0 Å². The number of hydrogen-bond donors (Lipinski definition) is 1. The molecule has 0 aliphatic carbocycles. The smallest absolute Gasteiger partial charge is 0.338 e. The van der Waals surface area contributed by atoms with Crippen molar-refractivity contribution in [3.8, 4) is 11.5 Å². The summed E-state index contributed by atoms with van der Waals surface area (Å²) in [4.78, 5) is 38.9. The Bertz CT molecular complexity index is 1020. The molecule has 0 saturated heterocycles. The van der Waals surface area contributed by atoms with Crippen molar-refractivity contribution >= 4 is 40.8 Å². The Morgan fingerprint density at radius 1 is 1.23 bits per heavy atom. The van der Waals surface area contributed by atoms with Crippen molar-refractivity contribution in [2.75, 3.05) is 30.0 Å². The Balaban J connectivity index is 1.50. The number of rotatable bonds is 3. The van der Waals surface area contributed by atoms with Gasteiger partial charge in [-0.05, 0) is 31.2 Å². The first-order valence-corrected chi connectivity index (χ1v) is 9.79. The number of esters is 1. The number of amides is 2. The Kier molecular flexibility index (Phi) is 5.50. The van der Waals surface area contributed by atoms with Crippen LogP contribution in [0.25, 0.3) is 0 Å². The SMILES string of the molecule is CC1CC(=O)Nc2ccccc2N1C(=O)COC(=O)c1cc(Cl)c2c(c1)OCCO2. The summed E-state index contributed by atoms with van der Waals surface area (Å²) in [5, 5.41) is 3.01. The van der Waals surface area contributed by atoms with Crippen molar-refractivity contribution in [1.82, 2.24) is 0 Å². The molecule has 2 aromatic rings. The van der Waals surface area contributed by atoms with Crippen LogP contribution in [0.4, 0.5) is 11.4 Å². The zero-order valence-electron chi connectivity index (χ0n) is 16.1. The maximum Gasteiger partial charge on any atom is 0.338 e. The van der Waals surface area contributed by atoms with Crippen LogP contribution >= 0.6 is 11.6 Å². The maximum absolute atomic E-state index is 12.9.